The average molecular weight is 233 g/mol. The molecule has 4 heteroatoms. The number of rotatable bonds is 2. The van der Waals surface area contributed by atoms with E-state index in [1.165, 1.54) is 12.8 Å². The molecule has 0 N–H and O–H groups in total. The fourth-order valence-corrected chi connectivity index (χ4v) is 1.91. The summed E-state index contributed by atoms with van der Waals surface area (Å²) in [6.45, 7) is 0. The van der Waals surface area contributed by atoms with Gasteiger partial charge in [-0.2, -0.15) is 17.7 Å². The Labute approximate surface area is 79.5 Å². The number of hydrogen-bond acceptors (Lipinski definition) is 2. The van der Waals surface area contributed by atoms with E-state index in [1.54, 1.807) is 0 Å². The van der Waals surface area contributed by atoms with Crippen LogP contribution in [0.4, 0.5) is 0 Å². The van der Waals surface area contributed by atoms with Crippen molar-refractivity contribution < 1.29 is 0 Å². The summed E-state index contributed by atoms with van der Waals surface area (Å²) < 4.78 is 3.06. The van der Waals surface area contributed by atoms with E-state index in [0.29, 0.717) is 0 Å². The summed E-state index contributed by atoms with van der Waals surface area (Å²) in [5.41, 5.74) is 0.245. The highest BCUT2D eigenvalue weighted by atomic mass is 79.9. The highest BCUT2D eigenvalue weighted by Crippen LogP contribution is 2.44. The second-order valence-electron chi connectivity index (χ2n) is 2.99. The standard InChI is InChI=1S/C7H9BrN2S/c8-6-3-9-10(4-6)7(5-11)1-2-7/h3-4,11H,1-2,5H2. The van der Waals surface area contributed by atoms with Crippen LogP contribution in [0.5, 0.6) is 0 Å². The molecule has 60 valence electrons. The number of nitrogens with zero attached hydrogens (tertiary/aromatic N) is 2. The van der Waals surface area contributed by atoms with Crippen molar-refractivity contribution in [2.45, 2.75) is 18.4 Å². The number of thiol groups is 1. The quantitative estimate of drug-likeness (QED) is 0.774. The molecule has 0 aliphatic heterocycles. The summed E-state index contributed by atoms with van der Waals surface area (Å²) in [6.07, 6.45) is 6.27. The SMILES string of the molecule is SCC1(n2cc(Br)cn2)CC1. The molecule has 1 aliphatic carbocycles. The molecule has 0 radical (unpaired) electrons. The molecule has 1 fully saturated rings. The minimum Gasteiger partial charge on any atom is -0.265 e. The molecule has 0 aromatic carbocycles. The Hall–Kier alpha value is 0.0400. The normalized spacial score (nSPS) is 20.2. The summed E-state index contributed by atoms with van der Waals surface area (Å²) in [6, 6.07) is 0. The van der Waals surface area contributed by atoms with Crippen LogP contribution in [0.2, 0.25) is 0 Å². The van der Waals surface area contributed by atoms with Crippen LogP contribution in [0.25, 0.3) is 0 Å². The van der Waals surface area contributed by atoms with Gasteiger partial charge in [0.05, 0.1) is 16.2 Å². The molecule has 2 nitrogen and oxygen atoms in total. The zero-order valence-corrected chi connectivity index (χ0v) is 8.48. The highest BCUT2D eigenvalue weighted by molar-refractivity contribution is 9.10. The fourth-order valence-electron chi connectivity index (χ4n) is 1.16. The van der Waals surface area contributed by atoms with Crippen LogP contribution in [0.1, 0.15) is 12.8 Å². The lowest BCUT2D eigenvalue weighted by Crippen LogP contribution is -2.19. The Kier molecular flexibility index (Phi) is 1.76. The molecule has 1 saturated carbocycles. The predicted molar refractivity (Wildman–Crippen MR) is 51.0 cm³/mol. The van der Waals surface area contributed by atoms with Gasteiger partial charge in [0.15, 0.2) is 0 Å². The largest absolute Gasteiger partial charge is 0.265 e. The van der Waals surface area contributed by atoms with Crippen LogP contribution in [0.3, 0.4) is 0 Å². The second-order valence-corrected chi connectivity index (χ2v) is 4.22. The lowest BCUT2D eigenvalue weighted by molar-refractivity contribution is 0.482. The van der Waals surface area contributed by atoms with Crippen molar-refractivity contribution >= 4 is 28.6 Å². The molecule has 0 unspecified atom stereocenters. The molecular weight excluding hydrogens is 224 g/mol. The molecule has 0 amide bonds. The van der Waals surface area contributed by atoms with Crippen molar-refractivity contribution in [1.29, 1.82) is 0 Å². The second kappa shape index (κ2) is 2.52. The maximum Gasteiger partial charge on any atom is 0.0717 e. The molecule has 0 saturated heterocycles. The van der Waals surface area contributed by atoms with Gasteiger partial charge in [-0.25, -0.2) is 0 Å². The molecule has 0 bridgehead atoms. The Bertz CT molecular complexity index is 267. The third kappa shape index (κ3) is 1.22. The van der Waals surface area contributed by atoms with Crippen molar-refractivity contribution in [1.82, 2.24) is 9.78 Å². The van der Waals surface area contributed by atoms with E-state index in [2.05, 4.69) is 33.7 Å². The number of halogens is 1. The predicted octanol–water partition coefficient (Wildman–Crippen LogP) is 2.06. The van der Waals surface area contributed by atoms with Crippen LogP contribution in [0.15, 0.2) is 16.9 Å². The van der Waals surface area contributed by atoms with Gasteiger partial charge in [0.1, 0.15) is 0 Å². The monoisotopic (exact) mass is 232 g/mol. The third-order valence-electron chi connectivity index (χ3n) is 2.16. The summed E-state index contributed by atoms with van der Waals surface area (Å²) in [4.78, 5) is 0. The van der Waals surface area contributed by atoms with Gasteiger partial charge in [-0.05, 0) is 28.8 Å². The van der Waals surface area contributed by atoms with Crippen molar-refractivity contribution in [2.75, 3.05) is 5.75 Å². The molecule has 2 rings (SSSR count). The van der Waals surface area contributed by atoms with E-state index in [-0.39, 0.29) is 5.54 Å². The van der Waals surface area contributed by atoms with Gasteiger partial charge in [0.25, 0.3) is 0 Å². The van der Waals surface area contributed by atoms with Crippen molar-refractivity contribution in [3.63, 3.8) is 0 Å². The maximum atomic E-state index is 4.31. The maximum absolute atomic E-state index is 4.31. The van der Waals surface area contributed by atoms with Crippen molar-refractivity contribution in [3.8, 4) is 0 Å². The zero-order chi connectivity index (χ0) is 7.90. The lowest BCUT2D eigenvalue weighted by atomic mass is 10.3. The van der Waals surface area contributed by atoms with Gasteiger partial charge in [0, 0.05) is 11.9 Å². The fraction of sp³-hybridized carbons (Fsp3) is 0.571. The molecule has 1 aliphatic rings. The summed E-state index contributed by atoms with van der Waals surface area (Å²) in [5, 5.41) is 4.24. The molecule has 11 heavy (non-hydrogen) atoms. The Morgan fingerprint density at radius 3 is 2.82 bits per heavy atom. The molecular formula is C7H9BrN2S. The van der Waals surface area contributed by atoms with Crippen LogP contribution >= 0.6 is 28.6 Å². The van der Waals surface area contributed by atoms with E-state index in [9.17, 15) is 0 Å². The summed E-state index contributed by atoms with van der Waals surface area (Å²) in [5.74, 6) is 0.890. The van der Waals surface area contributed by atoms with E-state index in [4.69, 9.17) is 0 Å². The Morgan fingerprint density at radius 2 is 2.45 bits per heavy atom. The zero-order valence-electron chi connectivity index (χ0n) is 6.00. The van der Waals surface area contributed by atoms with Gasteiger partial charge in [-0.3, -0.25) is 4.68 Å². The van der Waals surface area contributed by atoms with Gasteiger partial charge in [-0.15, -0.1) is 0 Å². The first-order valence-electron chi connectivity index (χ1n) is 3.58. The molecule has 1 aromatic heterocycles. The first-order chi connectivity index (χ1) is 5.27. The highest BCUT2D eigenvalue weighted by Gasteiger charge is 2.43. The van der Waals surface area contributed by atoms with Crippen molar-refractivity contribution in [3.05, 3.63) is 16.9 Å². The van der Waals surface area contributed by atoms with Gasteiger partial charge in [0.2, 0.25) is 0 Å². The van der Waals surface area contributed by atoms with E-state index in [0.717, 1.165) is 10.2 Å². The molecule has 1 aromatic rings. The summed E-state index contributed by atoms with van der Waals surface area (Å²) in [7, 11) is 0. The van der Waals surface area contributed by atoms with Crippen LogP contribution in [-0.2, 0) is 5.54 Å². The first-order valence-corrected chi connectivity index (χ1v) is 5.01. The Balaban J connectivity index is 2.29. The topological polar surface area (TPSA) is 17.8 Å². The molecule has 0 spiro atoms. The Morgan fingerprint density at radius 1 is 1.73 bits per heavy atom. The third-order valence-corrected chi connectivity index (χ3v) is 3.16. The lowest BCUT2D eigenvalue weighted by Gasteiger charge is -2.11. The minimum atomic E-state index is 0.245. The van der Waals surface area contributed by atoms with E-state index in [1.807, 2.05) is 17.1 Å². The smallest absolute Gasteiger partial charge is 0.0717 e. The van der Waals surface area contributed by atoms with Crippen molar-refractivity contribution in [2.24, 2.45) is 0 Å². The number of aromatic nitrogens is 2. The van der Waals surface area contributed by atoms with Gasteiger partial charge < -0.3 is 0 Å². The average Bonchev–Trinajstić information content (AvgIpc) is 2.70. The minimum absolute atomic E-state index is 0.245. The summed E-state index contributed by atoms with van der Waals surface area (Å²) >= 11 is 7.68. The van der Waals surface area contributed by atoms with E-state index >= 15 is 0 Å². The molecule has 1 heterocycles. The van der Waals surface area contributed by atoms with Gasteiger partial charge in [-0.1, -0.05) is 0 Å². The van der Waals surface area contributed by atoms with E-state index < -0.39 is 0 Å². The first kappa shape index (κ1) is 7.68. The molecule has 0 atom stereocenters. The van der Waals surface area contributed by atoms with Crippen LogP contribution < -0.4 is 0 Å². The number of hydrogen-bond donors (Lipinski definition) is 1. The van der Waals surface area contributed by atoms with Crippen LogP contribution in [0, 0.1) is 0 Å². The van der Waals surface area contributed by atoms with Gasteiger partial charge >= 0.3 is 0 Å². The van der Waals surface area contributed by atoms with Crippen LogP contribution in [-0.4, -0.2) is 15.5 Å².